The molecular formula is C54H44N2O2. The Morgan fingerprint density at radius 1 is 0.328 bits per heavy atom. The van der Waals surface area contributed by atoms with Crippen LogP contribution in [0.5, 0.6) is 0 Å². The molecule has 2 aliphatic rings. The third-order valence-corrected chi connectivity index (χ3v) is 14.1. The van der Waals surface area contributed by atoms with Crippen molar-refractivity contribution in [2.75, 3.05) is 0 Å². The SMILES string of the molecule is c1ccc2c(c1)c1ccccc1n2-c1cc2c(cc1C1CCCCC1)oc1cc3oc4cc(C5CCCCC5)c(-n5c6ccccc6c6ccccc65)cc4c3cc12. The van der Waals surface area contributed by atoms with Gasteiger partial charge in [-0.1, -0.05) is 111 Å². The molecule has 0 radical (unpaired) electrons. The largest absolute Gasteiger partial charge is 0.456 e. The van der Waals surface area contributed by atoms with Crippen LogP contribution in [-0.4, -0.2) is 9.13 Å². The van der Waals surface area contributed by atoms with Crippen LogP contribution in [0, 0.1) is 0 Å². The summed E-state index contributed by atoms with van der Waals surface area (Å²) in [6.07, 6.45) is 12.6. The third kappa shape index (κ3) is 4.75. The molecule has 4 nitrogen and oxygen atoms in total. The van der Waals surface area contributed by atoms with Crippen LogP contribution >= 0.6 is 0 Å². The number of nitrogens with zero attached hydrogens (tertiary/aromatic N) is 2. The van der Waals surface area contributed by atoms with Gasteiger partial charge in [-0.3, -0.25) is 0 Å². The Morgan fingerprint density at radius 2 is 0.655 bits per heavy atom. The molecule has 4 heteroatoms. The number of furan rings is 2. The fourth-order valence-corrected chi connectivity index (χ4v) is 11.4. The zero-order valence-electron chi connectivity index (χ0n) is 32.6. The van der Waals surface area contributed by atoms with Gasteiger partial charge in [-0.05, 0) is 103 Å². The fraction of sp³-hybridized carbons (Fsp3) is 0.222. The Bertz CT molecular complexity index is 3100. The van der Waals surface area contributed by atoms with E-state index in [9.17, 15) is 0 Å². The molecule has 13 rings (SSSR count). The lowest BCUT2D eigenvalue weighted by molar-refractivity contribution is 0.443. The first-order valence-corrected chi connectivity index (χ1v) is 21.6. The average Bonchev–Trinajstić information content (AvgIpc) is 4.02. The van der Waals surface area contributed by atoms with Crippen molar-refractivity contribution in [3.05, 3.63) is 145 Å². The second kappa shape index (κ2) is 12.6. The van der Waals surface area contributed by atoms with E-state index in [1.807, 2.05) is 0 Å². The Balaban J connectivity index is 1.08. The second-order valence-electron chi connectivity index (χ2n) is 17.3. The summed E-state index contributed by atoms with van der Waals surface area (Å²) in [7, 11) is 0. The maximum atomic E-state index is 6.86. The molecule has 0 N–H and O–H groups in total. The highest BCUT2D eigenvalue weighted by atomic mass is 16.3. The molecule has 0 saturated heterocycles. The van der Waals surface area contributed by atoms with E-state index in [0.29, 0.717) is 11.8 Å². The first kappa shape index (κ1) is 32.8. The highest BCUT2D eigenvalue weighted by Gasteiger charge is 2.27. The minimum atomic E-state index is 0.499. The van der Waals surface area contributed by atoms with Gasteiger partial charge in [-0.2, -0.15) is 0 Å². The molecule has 2 aliphatic carbocycles. The van der Waals surface area contributed by atoms with Crippen LogP contribution in [0.1, 0.15) is 87.2 Å². The van der Waals surface area contributed by atoms with Crippen molar-refractivity contribution in [1.29, 1.82) is 0 Å². The molecule has 0 atom stereocenters. The van der Waals surface area contributed by atoms with Crippen LogP contribution in [0.25, 0.3) is 98.9 Å². The second-order valence-corrected chi connectivity index (χ2v) is 17.3. The molecule has 0 aliphatic heterocycles. The first-order chi connectivity index (χ1) is 28.8. The van der Waals surface area contributed by atoms with Crippen LogP contribution in [-0.2, 0) is 0 Å². The number of hydrogen-bond donors (Lipinski definition) is 0. The number of rotatable bonds is 4. The van der Waals surface area contributed by atoms with E-state index >= 15 is 0 Å². The highest BCUT2D eigenvalue weighted by Crippen LogP contribution is 2.46. The summed E-state index contributed by atoms with van der Waals surface area (Å²) < 4.78 is 18.8. The van der Waals surface area contributed by atoms with Gasteiger partial charge in [0.05, 0.1) is 33.4 Å². The first-order valence-electron chi connectivity index (χ1n) is 21.6. The molecule has 4 heterocycles. The van der Waals surface area contributed by atoms with Crippen LogP contribution in [0.4, 0.5) is 0 Å². The standard InChI is InChI=1S/C54H44N2O2/c1-3-15-33(16-4-1)39-30-51-43(28-49(39)55-45-23-11-7-19-35(45)36-20-8-12-24-46(36)55)41-27-42-44-29-50(56-47-25-13-9-21-37(47)38-22-10-14-26-48(38)56)40(34-17-5-2-6-18-34)31-52(44)58-54(42)32-53(41)57-51/h7-14,19-34H,1-6,15-18H2. The van der Waals surface area contributed by atoms with Crippen molar-refractivity contribution in [2.24, 2.45) is 0 Å². The molecule has 0 amide bonds. The Kier molecular flexibility index (Phi) is 7.13. The van der Waals surface area contributed by atoms with Gasteiger partial charge < -0.3 is 18.0 Å². The lowest BCUT2D eigenvalue weighted by Gasteiger charge is -2.25. The summed E-state index contributed by atoms with van der Waals surface area (Å²) >= 11 is 0. The van der Waals surface area contributed by atoms with Crippen molar-refractivity contribution in [3.63, 3.8) is 0 Å². The van der Waals surface area contributed by atoms with Crippen molar-refractivity contribution < 1.29 is 8.83 Å². The Hall–Kier alpha value is -6.26. The summed E-state index contributed by atoms with van der Waals surface area (Å²) in [5.41, 5.74) is 14.1. The number of para-hydroxylation sites is 4. The van der Waals surface area contributed by atoms with Crippen LogP contribution in [0.3, 0.4) is 0 Å². The summed E-state index contributed by atoms with van der Waals surface area (Å²) in [6, 6.07) is 49.8. The van der Waals surface area contributed by atoms with Gasteiger partial charge >= 0.3 is 0 Å². The van der Waals surface area contributed by atoms with Crippen molar-refractivity contribution in [1.82, 2.24) is 9.13 Å². The lowest BCUT2D eigenvalue weighted by Crippen LogP contribution is -2.09. The van der Waals surface area contributed by atoms with E-state index in [4.69, 9.17) is 8.83 Å². The van der Waals surface area contributed by atoms with Gasteiger partial charge in [0.2, 0.25) is 0 Å². The molecule has 0 spiro atoms. The van der Waals surface area contributed by atoms with E-state index in [2.05, 4.69) is 143 Å². The van der Waals surface area contributed by atoms with Gasteiger partial charge in [0.1, 0.15) is 22.3 Å². The summed E-state index contributed by atoms with van der Waals surface area (Å²) in [5, 5.41) is 9.76. The van der Waals surface area contributed by atoms with E-state index < -0.39 is 0 Å². The minimum Gasteiger partial charge on any atom is -0.456 e. The predicted molar refractivity (Wildman–Crippen MR) is 241 cm³/mol. The van der Waals surface area contributed by atoms with Gasteiger partial charge in [-0.25, -0.2) is 0 Å². The molecule has 0 bridgehead atoms. The summed E-state index contributed by atoms with van der Waals surface area (Å²) in [6.45, 7) is 0. The number of fused-ring (bicyclic) bond motifs is 12. The zero-order chi connectivity index (χ0) is 37.9. The molecule has 7 aromatic carbocycles. The van der Waals surface area contributed by atoms with Crippen LogP contribution < -0.4 is 0 Å². The normalized spacial score (nSPS) is 16.1. The van der Waals surface area contributed by atoms with Crippen molar-refractivity contribution >= 4 is 87.5 Å². The van der Waals surface area contributed by atoms with Gasteiger partial charge in [0.15, 0.2) is 0 Å². The van der Waals surface area contributed by atoms with Crippen LogP contribution in [0.2, 0.25) is 0 Å². The molecular weight excluding hydrogens is 709 g/mol. The van der Waals surface area contributed by atoms with Gasteiger partial charge in [0, 0.05) is 49.2 Å². The maximum Gasteiger partial charge on any atom is 0.139 e. The molecule has 58 heavy (non-hydrogen) atoms. The van der Waals surface area contributed by atoms with E-state index in [-0.39, 0.29) is 0 Å². The maximum absolute atomic E-state index is 6.86. The number of aromatic nitrogens is 2. The van der Waals surface area contributed by atoms with E-state index in [1.54, 1.807) is 0 Å². The number of benzene rings is 7. The fourth-order valence-electron chi connectivity index (χ4n) is 11.4. The Morgan fingerprint density at radius 3 is 1.03 bits per heavy atom. The molecule has 11 aromatic rings. The van der Waals surface area contributed by atoms with Crippen molar-refractivity contribution in [2.45, 2.75) is 76.0 Å². The van der Waals surface area contributed by atoms with E-state index in [1.165, 1.54) is 130 Å². The summed E-state index contributed by atoms with van der Waals surface area (Å²) in [5.74, 6) is 0.998. The molecule has 0 unspecified atom stereocenters. The van der Waals surface area contributed by atoms with Crippen molar-refractivity contribution in [3.8, 4) is 11.4 Å². The minimum absolute atomic E-state index is 0.499. The number of hydrogen-bond acceptors (Lipinski definition) is 2. The third-order valence-electron chi connectivity index (χ3n) is 14.1. The lowest BCUT2D eigenvalue weighted by atomic mass is 9.82. The Labute approximate surface area is 336 Å². The molecule has 2 saturated carbocycles. The van der Waals surface area contributed by atoms with Crippen LogP contribution in [0.15, 0.2) is 142 Å². The monoisotopic (exact) mass is 752 g/mol. The topological polar surface area (TPSA) is 36.1 Å². The highest BCUT2D eigenvalue weighted by molar-refractivity contribution is 6.17. The smallest absolute Gasteiger partial charge is 0.139 e. The van der Waals surface area contributed by atoms with Gasteiger partial charge in [-0.15, -0.1) is 0 Å². The predicted octanol–water partition coefficient (Wildman–Crippen LogP) is 15.8. The summed E-state index contributed by atoms with van der Waals surface area (Å²) in [4.78, 5) is 0. The quantitative estimate of drug-likeness (QED) is 0.179. The zero-order valence-corrected chi connectivity index (χ0v) is 32.6. The molecule has 4 aromatic heterocycles. The van der Waals surface area contributed by atoms with E-state index in [0.717, 1.165) is 43.9 Å². The average molecular weight is 753 g/mol. The molecule has 282 valence electrons. The molecule has 2 fully saturated rings. The van der Waals surface area contributed by atoms with Gasteiger partial charge in [0.25, 0.3) is 0 Å².